The van der Waals surface area contributed by atoms with Gasteiger partial charge in [0.2, 0.25) is 0 Å². The van der Waals surface area contributed by atoms with Gasteiger partial charge in [-0.1, -0.05) is 13.8 Å². The Bertz CT molecular complexity index is 435. The third-order valence-electron chi connectivity index (χ3n) is 4.26. The van der Waals surface area contributed by atoms with Crippen LogP contribution in [0.5, 0.6) is 0 Å². The lowest BCUT2D eigenvalue weighted by Gasteiger charge is -2.34. The van der Waals surface area contributed by atoms with Crippen molar-refractivity contribution in [3.63, 3.8) is 0 Å². The molecule has 1 fully saturated rings. The van der Waals surface area contributed by atoms with Crippen LogP contribution in [0.25, 0.3) is 0 Å². The summed E-state index contributed by atoms with van der Waals surface area (Å²) < 4.78 is 0. The lowest BCUT2D eigenvalue weighted by Crippen LogP contribution is -2.41. The second-order valence-electron chi connectivity index (χ2n) is 6.68. The van der Waals surface area contributed by atoms with Crippen LogP contribution in [0.4, 0.5) is 5.13 Å². The van der Waals surface area contributed by atoms with Crippen LogP contribution in [-0.2, 0) is 6.54 Å². The SMILES string of the molecule is Cc1nc(N(C)C2CCN(C)CC2)sc1CNCC(C)C. The van der Waals surface area contributed by atoms with Gasteiger partial charge < -0.3 is 15.1 Å². The molecule has 0 saturated carbocycles. The van der Waals surface area contributed by atoms with Crippen LogP contribution >= 0.6 is 11.3 Å². The molecule has 0 aromatic carbocycles. The molecular weight excluding hydrogens is 280 g/mol. The van der Waals surface area contributed by atoms with Gasteiger partial charge >= 0.3 is 0 Å². The van der Waals surface area contributed by atoms with E-state index >= 15 is 0 Å². The Hall–Kier alpha value is -0.650. The summed E-state index contributed by atoms with van der Waals surface area (Å²) in [5.41, 5.74) is 1.19. The van der Waals surface area contributed by atoms with E-state index in [0.29, 0.717) is 12.0 Å². The molecule has 0 aliphatic carbocycles. The van der Waals surface area contributed by atoms with E-state index in [1.54, 1.807) is 0 Å². The second kappa shape index (κ2) is 7.56. The van der Waals surface area contributed by atoms with Crippen LogP contribution in [-0.4, -0.2) is 49.7 Å². The Kier molecular flexibility index (Phi) is 6.02. The van der Waals surface area contributed by atoms with Gasteiger partial charge in [0.15, 0.2) is 5.13 Å². The van der Waals surface area contributed by atoms with Gasteiger partial charge in [-0.05, 0) is 52.4 Å². The Balaban J connectivity index is 1.94. The lowest BCUT2D eigenvalue weighted by atomic mass is 10.0. The maximum atomic E-state index is 4.79. The van der Waals surface area contributed by atoms with E-state index in [9.17, 15) is 0 Å². The highest BCUT2D eigenvalue weighted by Gasteiger charge is 2.23. The molecule has 1 aliphatic rings. The number of nitrogens with one attached hydrogen (secondary N) is 1. The van der Waals surface area contributed by atoms with Gasteiger partial charge in [0, 0.05) is 24.5 Å². The number of rotatable bonds is 6. The first kappa shape index (κ1) is 16.7. The second-order valence-corrected chi connectivity index (χ2v) is 7.74. The summed E-state index contributed by atoms with van der Waals surface area (Å²) in [4.78, 5) is 11.0. The smallest absolute Gasteiger partial charge is 0.185 e. The van der Waals surface area contributed by atoms with Crippen molar-refractivity contribution >= 4 is 16.5 Å². The monoisotopic (exact) mass is 310 g/mol. The van der Waals surface area contributed by atoms with Gasteiger partial charge in [0.1, 0.15) is 0 Å². The molecule has 1 aromatic heterocycles. The number of anilines is 1. The Morgan fingerprint density at radius 1 is 1.38 bits per heavy atom. The maximum Gasteiger partial charge on any atom is 0.185 e. The number of aryl methyl sites for hydroxylation is 1. The first-order valence-electron chi connectivity index (χ1n) is 8.05. The predicted octanol–water partition coefficient (Wildman–Crippen LogP) is 2.73. The van der Waals surface area contributed by atoms with Crippen molar-refractivity contribution < 1.29 is 0 Å². The van der Waals surface area contributed by atoms with Gasteiger partial charge in [0.25, 0.3) is 0 Å². The fraction of sp³-hybridized carbons (Fsp3) is 0.812. The summed E-state index contributed by atoms with van der Waals surface area (Å²) in [6, 6.07) is 0.642. The first-order valence-corrected chi connectivity index (χ1v) is 8.87. The van der Waals surface area contributed by atoms with Crippen LogP contribution in [0.2, 0.25) is 0 Å². The molecule has 1 aliphatic heterocycles. The number of hydrogen-bond acceptors (Lipinski definition) is 5. The van der Waals surface area contributed by atoms with E-state index in [2.05, 4.69) is 50.0 Å². The van der Waals surface area contributed by atoms with Crippen LogP contribution in [0.15, 0.2) is 0 Å². The Labute approximate surface area is 133 Å². The van der Waals surface area contributed by atoms with Gasteiger partial charge in [-0.15, -0.1) is 11.3 Å². The van der Waals surface area contributed by atoms with Crippen molar-refractivity contribution in [2.45, 2.75) is 46.2 Å². The van der Waals surface area contributed by atoms with Crippen molar-refractivity contribution in [2.24, 2.45) is 5.92 Å². The first-order chi connectivity index (χ1) is 9.97. The molecule has 0 atom stereocenters. The van der Waals surface area contributed by atoms with Gasteiger partial charge in [-0.2, -0.15) is 0 Å². The standard InChI is InChI=1S/C16H30N4S/c1-12(2)10-17-11-15-13(3)18-16(21-15)20(5)14-6-8-19(4)9-7-14/h12,14,17H,6-11H2,1-5H3. The van der Waals surface area contributed by atoms with Gasteiger partial charge in [0.05, 0.1) is 5.69 Å². The molecule has 2 rings (SSSR count). The Morgan fingerprint density at radius 2 is 2.05 bits per heavy atom. The van der Waals surface area contributed by atoms with E-state index < -0.39 is 0 Å². The highest BCUT2D eigenvalue weighted by molar-refractivity contribution is 7.15. The molecule has 2 heterocycles. The van der Waals surface area contributed by atoms with E-state index in [4.69, 9.17) is 4.98 Å². The van der Waals surface area contributed by atoms with E-state index in [1.807, 2.05) is 11.3 Å². The third-order valence-corrected chi connectivity index (χ3v) is 5.51. The molecule has 1 saturated heterocycles. The molecule has 0 spiro atoms. The number of thiazole rings is 1. The highest BCUT2D eigenvalue weighted by Crippen LogP contribution is 2.28. The fourth-order valence-electron chi connectivity index (χ4n) is 2.74. The zero-order chi connectivity index (χ0) is 15.4. The topological polar surface area (TPSA) is 31.4 Å². The molecule has 1 aromatic rings. The molecule has 4 nitrogen and oxygen atoms in total. The zero-order valence-electron chi connectivity index (χ0n) is 14.1. The lowest BCUT2D eigenvalue weighted by molar-refractivity contribution is 0.253. The average molecular weight is 311 g/mol. The summed E-state index contributed by atoms with van der Waals surface area (Å²) in [5, 5.41) is 4.71. The summed E-state index contributed by atoms with van der Waals surface area (Å²) in [6.07, 6.45) is 2.49. The van der Waals surface area contributed by atoms with Crippen LogP contribution in [0.1, 0.15) is 37.3 Å². The molecule has 120 valence electrons. The molecule has 0 bridgehead atoms. The number of nitrogens with zero attached hydrogens (tertiary/aromatic N) is 3. The maximum absolute atomic E-state index is 4.79. The fourth-order valence-corrected chi connectivity index (χ4v) is 3.80. The summed E-state index contributed by atoms with van der Waals surface area (Å²) in [7, 11) is 4.42. The molecule has 0 unspecified atom stereocenters. The van der Waals surface area contributed by atoms with Crippen LogP contribution < -0.4 is 10.2 Å². The van der Waals surface area contributed by atoms with Crippen molar-refractivity contribution in [3.05, 3.63) is 10.6 Å². The molecular formula is C16H30N4S. The Morgan fingerprint density at radius 3 is 2.67 bits per heavy atom. The van der Waals surface area contributed by atoms with E-state index in [-0.39, 0.29) is 0 Å². The van der Waals surface area contributed by atoms with Gasteiger partial charge in [-0.25, -0.2) is 4.98 Å². The van der Waals surface area contributed by atoms with Crippen LogP contribution in [0, 0.1) is 12.8 Å². The largest absolute Gasteiger partial charge is 0.348 e. The van der Waals surface area contributed by atoms with Crippen LogP contribution in [0.3, 0.4) is 0 Å². The van der Waals surface area contributed by atoms with E-state index in [0.717, 1.165) is 13.1 Å². The normalized spacial score (nSPS) is 17.6. The van der Waals surface area contributed by atoms with Crippen molar-refractivity contribution in [3.8, 4) is 0 Å². The van der Waals surface area contributed by atoms with Gasteiger partial charge in [-0.3, -0.25) is 0 Å². The summed E-state index contributed by atoms with van der Waals surface area (Å²) in [5.74, 6) is 0.694. The van der Waals surface area contributed by atoms with E-state index in [1.165, 1.54) is 41.6 Å². The summed E-state index contributed by atoms with van der Waals surface area (Å²) >= 11 is 1.85. The van der Waals surface area contributed by atoms with Crippen molar-refractivity contribution in [1.29, 1.82) is 0 Å². The number of aromatic nitrogens is 1. The molecule has 21 heavy (non-hydrogen) atoms. The number of piperidine rings is 1. The third kappa shape index (κ3) is 4.66. The zero-order valence-corrected chi connectivity index (χ0v) is 15.0. The molecule has 0 radical (unpaired) electrons. The molecule has 5 heteroatoms. The quantitative estimate of drug-likeness (QED) is 0.875. The van der Waals surface area contributed by atoms with Crippen molar-refractivity contribution in [1.82, 2.24) is 15.2 Å². The number of likely N-dealkylation sites (tertiary alicyclic amines) is 1. The summed E-state index contributed by atoms with van der Waals surface area (Å²) in [6.45, 7) is 11.0. The average Bonchev–Trinajstić information content (AvgIpc) is 2.80. The minimum absolute atomic E-state index is 0.642. The predicted molar refractivity (Wildman–Crippen MR) is 92.3 cm³/mol. The molecule has 1 N–H and O–H groups in total. The van der Waals surface area contributed by atoms with Crippen molar-refractivity contribution in [2.75, 3.05) is 38.6 Å². The minimum atomic E-state index is 0.642. The molecule has 0 amide bonds. The minimum Gasteiger partial charge on any atom is -0.348 e. The number of hydrogen-bond donors (Lipinski definition) is 1. The highest BCUT2D eigenvalue weighted by atomic mass is 32.1.